The van der Waals surface area contributed by atoms with E-state index >= 15 is 0 Å². The van der Waals surface area contributed by atoms with Crippen molar-refractivity contribution >= 4 is 54.1 Å². The second kappa shape index (κ2) is 11.6. The average Bonchev–Trinajstić information content (AvgIpc) is 3.53. The van der Waals surface area contributed by atoms with Gasteiger partial charge in [-0.3, -0.25) is 4.98 Å². The van der Waals surface area contributed by atoms with Crippen LogP contribution in [0.4, 0.5) is 0 Å². The van der Waals surface area contributed by atoms with E-state index in [1.165, 1.54) is 49.0 Å². The summed E-state index contributed by atoms with van der Waals surface area (Å²) in [6.07, 6.45) is 3.80. The van der Waals surface area contributed by atoms with Crippen LogP contribution in [0.25, 0.3) is 93.2 Å². The lowest BCUT2D eigenvalue weighted by molar-refractivity contribution is 1.19. The summed E-state index contributed by atoms with van der Waals surface area (Å²) in [4.78, 5) is 4.53. The number of benzene rings is 8. The van der Waals surface area contributed by atoms with Crippen LogP contribution in [0.2, 0.25) is 0 Å². The van der Waals surface area contributed by atoms with Crippen molar-refractivity contribution in [2.75, 3.05) is 0 Å². The molecule has 2 aromatic heterocycles. The van der Waals surface area contributed by atoms with Crippen molar-refractivity contribution in [3.8, 4) is 45.1 Å². The van der Waals surface area contributed by atoms with Crippen LogP contribution in [0.1, 0.15) is 5.56 Å². The maximum atomic E-state index is 9.88. The molecule has 0 aliphatic rings. The Hall–Kier alpha value is -7.02. The van der Waals surface area contributed by atoms with Gasteiger partial charge in [-0.25, -0.2) is 0 Å². The Kier molecular flexibility index (Phi) is 6.56. The van der Waals surface area contributed by atoms with Gasteiger partial charge >= 0.3 is 0 Å². The molecule has 10 aromatic rings. The Morgan fingerprint density at radius 2 is 1.06 bits per heavy atom. The van der Waals surface area contributed by atoms with Gasteiger partial charge in [0, 0.05) is 34.4 Å². The van der Waals surface area contributed by atoms with Crippen molar-refractivity contribution in [1.82, 2.24) is 9.55 Å². The van der Waals surface area contributed by atoms with Crippen molar-refractivity contribution < 1.29 is 0 Å². The smallest absolute Gasteiger partial charge is 0.0991 e. The molecule has 0 aliphatic heterocycles. The summed E-state index contributed by atoms with van der Waals surface area (Å²) < 4.78 is 2.32. The molecule has 0 saturated carbocycles. The van der Waals surface area contributed by atoms with Gasteiger partial charge in [-0.05, 0) is 115 Å². The Bertz CT molecular complexity index is 3020. The number of hydrogen-bond acceptors (Lipinski definition) is 2. The highest BCUT2D eigenvalue weighted by Gasteiger charge is 2.19. The van der Waals surface area contributed by atoms with Crippen LogP contribution in [0.15, 0.2) is 176 Å². The molecule has 0 bridgehead atoms. The summed E-state index contributed by atoms with van der Waals surface area (Å²) >= 11 is 0. The number of hydrogen-bond donors (Lipinski definition) is 0. The van der Waals surface area contributed by atoms with Crippen molar-refractivity contribution in [2.45, 2.75) is 0 Å². The molecule has 0 aliphatic carbocycles. The average molecular weight is 648 g/mol. The maximum absolute atomic E-state index is 9.88. The highest BCUT2D eigenvalue weighted by atomic mass is 15.0. The van der Waals surface area contributed by atoms with E-state index in [4.69, 9.17) is 0 Å². The van der Waals surface area contributed by atoms with Crippen LogP contribution in [0, 0.1) is 11.3 Å². The summed E-state index contributed by atoms with van der Waals surface area (Å²) in [5, 5.41) is 19.3. The summed E-state index contributed by atoms with van der Waals surface area (Å²) in [5.74, 6) is 0. The first kappa shape index (κ1) is 28.9. The predicted octanol–water partition coefficient (Wildman–Crippen LogP) is 12.5. The number of aromatic nitrogens is 2. The first-order valence-electron chi connectivity index (χ1n) is 17.2. The largest absolute Gasteiger partial charge is 0.309 e. The SMILES string of the molecule is N#Cc1ccc2c(c1)c1cc(-c3ccc4c(-c5ccccc5)c5ccccc5c(-c5cccnc5)c4c3)ccc1n2-c1ccc2ccccc2c1. The third-order valence-electron chi connectivity index (χ3n) is 10.3. The first-order chi connectivity index (χ1) is 25.2. The summed E-state index contributed by atoms with van der Waals surface area (Å²) in [6, 6.07) is 60.7. The molecular formula is C48H29N3. The minimum atomic E-state index is 0.651. The van der Waals surface area contributed by atoms with E-state index in [0.717, 1.165) is 44.2 Å². The summed E-state index contributed by atoms with van der Waals surface area (Å²) in [7, 11) is 0. The lowest BCUT2D eigenvalue weighted by atomic mass is 9.85. The van der Waals surface area contributed by atoms with Gasteiger partial charge < -0.3 is 4.57 Å². The molecule has 0 radical (unpaired) electrons. The Morgan fingerprint density at radius 3 is 1.82 bits per heavy atom. The van der Waals surface area contributed by atoms with Gasteiger partial charge in [0.15, 0.2) is 0 Å². The zero-order chi connectivity index (χ0) is 33.9. The number of nitrogens with zero attached hydrogens (tertiary/aromatic N) is 3. The Balaban J connectivity index is 1.25. The lowest BCUT2D eigenvalue weighted by Gasteiger charge is -2.18. The van der Waals surface area contributed by atoms with Crippen LogP contribution < -0.4 is 0 Å². The molecule has 0 atom stereocenters. The van der Waals surface area contributed by atoms with E-state index in [1.54, 1.807) is 0 Å². The monoisotopic (exact) mass is 647 g/mol. The van der Waals surface area contributed by atoms with E-state index in [1.807, 2.05) is 30.6 Å². The third-order valence-corrected chi connectivity index (χ3v) is 10.3. The van der Waals surface area contributed by atoms with Crippen molar-refractivity contribution in [2.24, 2.45) is 0 Å². The van der Waals surface area contributed by atoms with Gasteiger partial charge in [0.2, 0.25) is 0 Å². The van der Waals surface area contributed by atoms with Gasteiger partial charge in [-0.2, -0.15) is 5.26 Å². The molecule has 10 rings (SSSR count). The predicted molar refractivity (Wildman–Crippen MR) is 212 cm³/mol. The highest BCUT2D eigenvalue weighted by Crippen LogP contribution is 2.45. The normalized spacial score (nSPS) is 11.5. The topological polar surface area (TPSA) is 41.6 Å². The van der Waals surface area contributed by atoms with E-state index in [9.17, 15) is 5.26 Å². The molecular weight excluding hydrogens is 619 g/mol. The van der Waals surface area contributed by atoms with Crippen molar-refractivity contribution in [3.05, 3.63) is 182 Å². The van der Waals surface area contributed by atoms with Gasteiger partial charge in [-0.1, -0.05) is 109 Å². The standard InChI is InChI=1S/C48H29N3/c49-29-31-16-22-45-42(25-31)43-27-36(19-23-46(43)51(45)38-20-17-32-9-4-5-12-34(32)26-38)35-18-21-41-44(28-35)48(37-13-8-24-50-30-37)40-15-7-6-14-39(40)47(41)33-10-2-1-3-11-33/h1-28,30H. The number of fused-ring (bicyclic) bond motifs is 6. The van der Waals surface area contributed by atoms with Gasteiger partial charge in [-0.15, -0.1) is 0 Å². The zero-order valence-electron chi connectivity index (χ0n) is 27.6. The molecule has 0 unspecified atom stereocenters. The minimum Gasteiger partial charge on any atom is -0.309 e. The van der Waals surface area contributed by atoms with Crippen LogP contribution in [0.3, 0.4) is 0 Å². The third kappa shape index (κ3) is 4.62. The fourth-order valence-corrected chi connectivity index (χ4v) is 7.96. The molecule has 51 heavy (non-hydrogen) atoms. The number of rotatable bonds is 4. The molecule has 8 aromatic carbocycles. The van der Waals surface area contributed by atoms with Gasteiger partial charge in [0.1, 0.15) is 0 Å². The van der Waals surface area contributed by atoms with Crippen molar-refractivity contribution in [1.29, 1.82) is 5.26 Å². The molecule has 2 heterocycles. The van der Waals surface area contributed by atoms with Crippen molar-refractivity contribution in [3.63, 3.8) is 0 Å². The first-order valence-corrected chi connectivity index (χ1v) is 17.2. The lowest BCUT2D eigenvalue weighted by Crippen LogP contribution is -1.94. The van der Waals surface area contributed by atoms with Crippen LogP contribution in [0.5, 0.6) is 0 Å². The maximum Gasteiger partial charge on any atom is 0.0991 e. The molecule has 3 heteroatoms. The Morgan fingerprint density at radius 1 is 0.431 bits per heavy atom. The van der Waals surface area contributed by atoms with Gasteiger partial charge in [0.25, 0.3) is 0 Å². The van der Waals surface area contributed by atoms with E-state index in [0.29, 0.717) is 5.56 Å². The number of nitriles is 1. The zero-order valence-corrected chi connectivity index (χ0v) is 27.6. The minimum absolute atomic E-state index is 0.651. The van der Waals surface area contributed by atoms with E-state index < -0.39 is 0 Å². The summed E-state index contributed by atoms with van der Waals surface area (Å²) in [6.45, 7) is 0. The molecule has 0 amide bonds. The summed E-state index contributed by atoms with van der Waals surface area (Å²) in [5.41, 5.74) is 10.9. The van der Waals surface area contributed by atoms with Crippen LogP contribution in [-0.4, -0.2) is 9.55 Å². The highest BCUT2D eigenvalue weighted by molar-refractivity contribution is 6.22. The van der Waals surface area contributed by atoms with E-state index in [-0.39, 0.29) is 0 Å². The van der Waals surface area contributed by atoms with E-state index in [2.05, 4.69) is 161 Å². The van der Waals surface area contributed by atoms with Gasteiger partial charge in [0.05, 0.1) is 22.7 Å². The molecule has 3 nitrogen and oxygen atoms in total. The fourth-order valence-electron chi connectivity index (χ4n) is 7.96. The molecule has 0 spiro atoms. The second-order valence-electron chi connectivity index (χ2n) is 13.1. The van der Waals surface area contributed by atoms with Crippen LogP contribution in [-0.2, 0) is 0 Å². The fraction of sp³-hybridized carbons (Fsp3) is 0. The number of pyridine rings is 1. The molecule has 0 saturated heterocycles. The van der Waals surface area contributed by atoms with Crippen LogP contribution >= 0.6 is 0 Å². The quantitative estimate of drug-likeness (QED) is 0.178. The molecule has 0 fully saturated rings. The molecule has 0 N–H and O–H groups in total. The second-order valence-corrected chi connectivity index (χ2v) is 13.1. The Labute approximate surface area is 294 Å². The molecule has 236 valence electrons.